The summed E-state index contributed by atoms with van der Waals surface area (Å²) in [6.07, 6.45) is 3.96. The maximum atomic E-state index is 12.4. The molecular weight excluding hydrogens is 304 g/mol. The topological polar surface area (TPSA) is 75.4 Å². The second-order valence-electron chi connectivity index (χ2n) is 5.89. The number of rotatable bonds is 5. The molecule has 2 aromatic heterocycles. The van der Waals surface area contributed by atoms with E-state index in [-0.39, 0.29) is 29.4 Å². The molecule has 0 aliphatic carbocycles. The van der Waals surface area contributed by atoms with E-state index in [4.69, 9.17) is 4.42 Å². The summed E-state index contributed by atoms with van der Waals surface area (Å²) in [4.78, 5) is 16.6. The Bertz CT molecular complexity index is 843. The minimum Gasteiger partial charge on any atom is -0.505 e. The highest BCUT2D eigenvalue weighted by Crippen LogP contribution is 2.35. The van der Waals surface area contributed by atoms with Crippen molar-refractivity contribution >= 4 is 16.8 Å². The number of pyridine rings is 1. The van der Waals surface area contributed by atoms with Crippen LogP contribution in [0.3, 0.4) is 0 Å². The van der Waals surface area contributed by atoms with Gasteiger partial charge >= 0.3 is 0 Å². The third-order valence-corrected chi connectivity index (χ3v) is 4.36. The van der Waals surface area contributed by atoms with Gasteiger partial charge in [-0.2, -0.15) is 0 Å². The first-order valence-corrected chi connectivity index (χ1v) is 8.02. The van der Waals surface area contributed by atoms with Crippen molar-refractivity contribution in [3.8, 4) is 5.75 Å². The van der Waals surface area contributed by atoms with Crippen molar-refractivity contribution in [2.75, 3.05) is 0 Å². The molecule has 1 aromatic carbocycles. The third kappa shape index (κ3) is 2.97. The summed E-state index contributed by atoms with van der Waals surface area (Å²) in [5.74, 6) is 0.196. The lowest BCUT2D eigenvalue weighted by Crippen LogP contribution is -2.32. The Kier molecular flexibility index (Phi) is 4.51. The number of fused-ring (bicyclic) bond motifs is 1. The van der Waals surface area contributed by atoms with Crippen molar-refractivity contribution in [3.05, 3.63) is 60.2 Å². The predicted molar refractivity (Wildman–Crippen MR) is 91.8 cm³/mol. The lowest BCUT2D eigenvalue weighted by molar-refractivity contribution is 0.0894. The molecule has 3 aromatic rings. The van der Waals surface area contributed by atoms with Crippen molar-refractivity contribution in [1.82, 2.24) is 10.3 Å². The molecule has 3 rings (SSSR count). The third-order valence-electron chi connectivity index (χ3n) is 4.36. The van der Waals surface area contributed by atoms with Crippen molar-refractivity contribution in [2.24, 2.45) is 5.92 Å². The molecule has 0 aliphatic heterocycles. The Hall–Kier alpha value is -2.82. The van der Waals surface area contributed by atoms with Crippen LogP contribution in [-0.2, 0) is 0 Å². The quantitative estimate of drug-likeness (QED) is 0.742. The molecule has 1 amide bonds. The first-order chi connectivity index (χ1) is 11.6. The van der Waals surface area contributed by atoms with Gasteiger partial charge in [-0.05, 0) is 24.1 Å². The van der Waals surface area contributed by atoms with E-state index in [0.717, 1.165) is 11.8 Å². The number of benzene rings is 1. The van der Waals surface area contributed by atoms with Crippen molar-refractivity contribution < 1.29 is 14.3 Å². The summed E-state index contributed by atoms with van der Waals surface area (Å²) in [7, 11) is 0. The van der Waals surface area contributed by atoms with E-state index >= 15 is 0 Å². The Morgan fingerprint density at radius 2 is 2.12 bits per heavy atom. The molecule has 0 radical (unpaired) electrons. The molecule has 2 unspecified atom stereocenters. The number of carbonyl (C=O) groups excluding carboxylic acids is 1. The molecule has 0 aliphatic rings. The summed E-state index contributed by atoms with van der Waals surface area (Å²) < 4.78 is 5.16. The second-order valence-corrected chi connectivity index (χ2v) is 5.89. The van der Waals surface area contributed by atoms with Crippen LogP contribution in [0, 0.1) is 5.92 Å². The van der Waals surface area contributed by atoms with Gasteiger partial charge in [-0.3, -0.25) is 9.78 Å². The highest BCUT2D eigenvalue weighted by Gasteiger charge is 2.25. The number of carbonyl (C=O) groups is 1. The van der Waals surface area contributed by atoms with E-state index < -0.39 is 0 Å². The lowest BCUT2D eigenvalue weighted by atomic mass is 9.91. The Labute approximate surface area is 140 Å². The number of hydrogen-bond donors (Lipinski definition) is 2. The first kappa shape index (κ1) is 16.1. The highest BCUT2D eigenvalue weighted by atomic mass is 16.3. The fraction of sp³-hybridized carbons (Fsp3) is 0.263. The maximum absolute atomic E-state index is 12.4. The average molecular weight is 324 g/mol. The molecule has 0 fully saturated rings. The number of aromatic hydroxyl groups is 1. The van der Waals surface area contributed by atoms with Gasteiger partial charge in [-0.15, -0.1) is 0 Å². The number of hydrogen-bond acceptors (Lipinski definition) is 4. The molecule has 0 spiro atoms. The minimum absolute atomic E-state index is 0.109. The largest absolute Gasteiger partial charge is 0.505 e. The van der Waals surface area contributed by atoms with E-state index in [2.05, 4.69) is 10.3 Å². The molecule has 2 atom stereocenters. The molecule has 0 saturated heterocycles. The number of phenols is 1. The number of furan rings is 1. The van der Waals surface area contributed by atoms with E-state index in [1.807, 2.05) is 38.1 Å². The smallest absolute Gasteiger partial charge is 0.287 e. The lowest BCUT2D eigenvalue weighted by Gasteiger charge is -2.25. The Morgan fingerprint density at radius 1 is 1.29 bits per heavy atom. The fourth-order valence-corrected chi connectivity index (χ4v) is 2.78. The van der Waals surface area contributed by atoms with Crippen LogP contribution < -0.4 is 5.32 Å². The summed E-state index contributed by atoms with van der Waals surface area (Å²) >= 11 is 0. The van der Waals surface area contributed by atoms with Crippen LogP contribution in [0.1, 0.15) is 42.4 Å². The number of amides is 1. The zero-order chi connectivity index (χ0) is 17.1. The monoisotopic (exact) mass is 324 g/mol. The van der Waals surface area contributed by atoms with Gasteiger partial charge in [0.15, 0.2) is 5.76 Å². The van der Waals surface area contributed by atoms with Crippen LogP contribution >= 0.6 is 0 Å². The van der Waals surface area contributed by atoms with Gasteiger partial charge in [0, 0.05) is 17.1 Å². The van der Waals surface area contributed by atoms with Crippen molar-refractivity contribution in [2.45, 2.75) is 26.3 Å². The zero-order valence-electron chi connectivity index (χ0n) is 13.7. The standard InChI is InChI=1S/C19H20N2O3/c1-3-12(2)16(21-19(23)15-7-5-11-24-15)14-9-8-13-6-4-10-20-17(13)18(14)22/h4-12,16,22H,3H2,1-2H3,(H,21,23). The van der Waals surface area contributed by atoms with Crippen LogP contribution in [0.4, 0.5) is 0 Å². The zero-order valence-corrected chi connectivity index (χ0v) is 13.7. The molecule has 24 heavy (non-hydrogen) atoms. The Balaban J connectivity index is 2.00. The number of nitrogens with zero attached hydrogens (tertiary/aromatic N) is 1. The minimum atomic E-state index is -0.334. The SMILES string of the molecule is CCC(C)C(NC(=O)c1ccco1)c1ccc2cccnc2c1O. The van der Waals surface area contributed by atoms with Crippen molar-refractivity contribution in [3.63, 3.8) is 0 Å². The van der Waals surface area contributed by atoms with Gasteiger partial charge in [0.1, 0.15) is 11.3 Å². The van der Waals surface area contributed by atoms with Crippen LogP contribution in [0.5, 0.6) is 5.75 Å². The summed E-state index contributed by atoms with van der Waals surface area (Å²) in [6, 6.07) is 10.4. The summed E-state index contributed by atoms with van der Waals surface area (Å²) in [5.41, 5.74) is 1.20. The van der Waals surface area contributed by atoms with Crippen LogP contribution in [0.2, 0.25) is 0 Å². The Morgan fingerprint density at radius 3 is 2.83 bits per heavy atom. The van der Waals surface area contributed by atoms with Gasteiger partial charge in [-0.25, -0.2) is 0 Å². The predicted octanol–water partition coefficient (Wildman–Crippen LogP) is 4.05. The number of phenolic OH excluding ortho intramolecular Hbond substituents is 1. The van der Waals surface area contributed by atoms with Gasteiger partial charge < -0.3 is 14.8 Å². The number of nitrogens with one attached hydrogen (secondary N) is 1. The summed E-state index contributed by atoms with van der Waals surface area (Å²) in [5, 5.41) is 14.5. The molecule has 2 heterocycles. The van der Waals surface area contributed by atoms with Gasteiger partial charge in [0.25, 0.3) is 5.91 Å². The van der Waals surface area contributed by atoms with E-state index in [0.29, 0.717) is 11.1 Å². The van der Waals surface area contributed by atoms with Crippen molar-refractivity contribution in [1.29, 1.82) is 0 Å². The normalized spacial score (nSPS) is 13.6. The molecule has 124 valence electrons. The van der Waals surface area contributed by atoms with Gasteiger partial charge in [0.2, 0.25) is 0 Å². The summed E-state index contributed by atoms with van der Waals surface area (Å²) in [6.45, 7) is 4.09. The average Bonchev–Trinajstić information content (AvgIpc) is 3.14. The van der Waals surface area contributed by atoms with E-state index in [9.17, 15) is 9.90 Å². The first-order valence-electron chi connectivity index (χ1n) is 8.02. The van der Waals surface area contributed by atoms with Gasteiger partial charge in [0.05, 0.1) is 12.3 Å². The van der Waals surface area contributed by atoms with E-state index in [1.165, 1.54) is 6.26 Å². The molecule has 5 nitrogen and oxygen atoms in total. The maximum Gasteiger partial charge on any atom is 0.287 e. The van der Waals surface area contributed by atoms with Crippen LogP contribution in [-0.4, -0.2) is 16.0 Å². The molecule has 0 saturated carbocycles. The molecule has 2 N–H and O–H groups in total. The highest BCUT2D eigenvalue weighted by molar-refractivity contribution is 5.92. The van der Waals surface area contributed by atoms with Crippen LogP contribution in [0.25, 0.3) is 10.9 Å². The molecule has 5 heteroatoms. The fourth-order valence-electron chi connectivity index (χ4n) is 2.78. The van der Waals surface area contributed by atoms with Crippen LogP contribution in [0.15, 0.2) is 53.3 Å². The second kappa shape index (κ2) is 6.74. The van der Waals surface area contributed by atoms with E-state index in [1.54, 1.807) is 18.3 Å². The molecular formula is C19H20N2O3. The molecule has 0 bridgehead atoms. The number of aromatic nitrogens is 1. The van der Waals surface area contributed by atoms with Gasteiger partial charge in [-0.1, -0.05) is 38.5 Å².